The smallest absolute Gasteiger partial charge is 0.123 e. The van der Waals surface area contributed by atoms with Crippen LogP contribution in [0, 0.1) is 0 Å². The third-order valence-electron chi connectivity index (χ3n) is 2.66. The lowest BCUT2D eigenvalue weighted by molar-refractivity contribution is 0.198. The van der Waals surface area contributed by atoms with Gasteiger partial charge in [-0.25, -0.2) is 0 Å². The molecule has 0 aliphatic rings. The molecular formula is C15H24O2. The van der Waals surface area contributed by atoms with Crippen molar-refractivity contribution >= 4 is 0 Å². The molecule has 96 valence electrons. The molecule has 1 unspecified atom stereocenters. The Hall–Kier alpha value is -1.02. The molecule has 0 heterocycles. The van der Waals surface area contributed by atoms with E-state index in [9.17, 15) is 5.11 Å². The highest BCUT2D eigenvalue weighted by Crippen LogP contribution is 2.34. The fourth-order valence-electron chi connectivity index (χ4n) is 1.75. The molecule has 0 saturated heterocycles. The van der Waals surface area contributed by atoms with Gasteiger partial charge in [0.15, 0.2) is 0 Å². The molecular weight excluding hydrogens is 212 g/mol. The van der Waals surface area contributed by atoms with E-state index in [4.69, 9.17) is 4.74 Å². The Kier molecular flexibility index (Phi) is 4.21. The quantitative estimate of drug-likeness (QED) is 0.864. The van der Waals surface area contributed by atoms with E-state index in [1.807, 2.05) is 32.0 Å². The van der Waals surface area contributed by atoms with Gasteiger partial charge in [-0.1, -0.05) is 26.8 Å². The first-order chi connectivity index (χ1) is 7.71. The zero-order valence-electron chi connectivity index (χ0n) is 11.7. The predicted molar refractivity (Wildman–Crippen MR) is 71.5 cm³/mol. The van der Waals surface area contributed by atoms with Crippen LogP contribution in [0.15, 0.2) is 18.2 Å². The molecule has 0 radical (unpaired) electrons. The van der Waals surface area contributed by atoms with Crippen LogP contribution in [0.2, 0.25) is 0 Å². The number of hydrogen-bond acceptors (Lipinski definition) is 2. The molecule has 17 heavy (non-hydrogen) atoms. The first kappa shape index (κ1) is 14.0. The molecule has 2 nitrogen and oxygen atoms in total. The Labute approximate surface area is 105 Å². The van der Waals surface area contributed by atoms with E-state index >= 15 is 0 Å². The van der Waals surface area contributed by atoms with Gasteiger partial charge in [-0.3, -0.25) is 0 Å². The molecule has 2 heteroatoms. The lowest BCUT2D eigenvalue weighted by atomic mass is 9.85. The molecule has 1 aromatic rings. The van der Waals surface area contributed by atoms with E-state index < -0.39 is 6.10 Å². The highest BCUT2D eigenvalue weighted by molar-refractivity contribution is 5.42. The Morgan fingerprint density at radius 3 is 2.12 bits per heavy atom. The molecule has 0 fully saturated rings. The second kappa shape index (κ2) is 5.09. The maximum Gasteiger partial charge on any atom is 0.123 e. The number of hydrogen-bond donors (Lipinski definition) is 1. The summed E-state index contributed by atoms with van der Waals surface area (Å²) in [5.41, 5.74) is 2.09. The van der Waals surface area contributed by atoms with Gasteiger partial charge >= 0.3 is 0 Å². The highest BCUT2D eigenvalue weighted by Gasteiger charge is 2.20. The molecule has 0 bridgehead atoms. The third-order valence-corrected chi connectivity index (χ3v) is 2.66. The third kappa shape index (κ3) is 3.74. The number of aliphatic hydroxyl groups excluding tert-OH is 1. The SMILES string of the molecule is CC(C)Oc1ccc(C(C)O)cc1C(C)(C)C. The number of benzene rings is 1. The summed E-state index contributed by atoms with van der Waals surface area (Å²) in [6.07, 6.45) is -0.280. The molecule has 0 spiro atoms. The first-order valence-electron chi connectivity index (χ1n) is 6.21. The van der Waals surface area contributed by atoms with Crippen LogP contribution in [-0.4, -0.2) is 11.2 Å². The topological polar surface area (TPSA) is 29.5 Å². The summed E-state index contributed by atoms with van der Waals surface area (Å²) in [5.74, 6) is 0.914. The summed E-state index contributed by atoms with van der Waals surface area (Å²) in [4.78, 5) is 0. The molecule has 0 aromatic heterocycles. The lowest BCUT2D eigenvalue weighted by Gasteiger charge is -2.25. The zero-order valence-corrected chi connectivity index (χ0v) is 11.7. The van der Waals surface area contributed by atoms with Crippen LogP contribution in [0.5, 0.6) is 5.75 Å². The minimum Gasteiger partial charge on any atom is -0.491 e. The van der Waals surface area contributed by atoms with Crippen LogP contribution in [-0.2, 0) is 5.41 Å². The average Bonchev–Trinajstić information content (AvgIpc) is 2.15. The van der Waals surface area contributed by atoms with E-state index in [0.717, 1.165) is 16.9 Å². The number of ether oxygens (including phenoxy) is 1. The second-order valence-corrected chi connectivity index (χ2v) is 5.85. The summed E-state index contributed by atoms with van der Waals surface area (Å²) < 4.78 is 5.82. The molecule has 1 atom stereocenters. The van der Waals surface area contributed by atoms with Crippen LogP contribution in [0.25, 0.3) is 0 Å². The fourth-order valence-corrected chi connectivity index (χ4v) is 1.75. The van der Waals surface area contributed by atoms with E-state index in [2.05, 4.69) is 20.8 Å². The minimum absolute atomic E-state index is 0.00905. The Bertz CT molecular complexity index is 373. The van der Waals surface area contributed by atoms with E-state index in [0.29, 0.717) is 0 Å². The van der Waals surface area contributed by atoms with Crippen molar-refractivity contribution in [2.75, 3.05) is 0 Å². The molecule has 1 N–H and O–H groups in total. The monoisotopic (exact) mass is 236 g/mol. The van der Waals surface area contributed by atoms with Crippen LogP contribution < -0.4 is 4.74 Å². The van der Waals surface area contributed by atoms with Gasteiger partial charge in [0.1, 0.15) is 5.75 Å². The highest BCUT2D eigenvalue weighted by atomic mass is 16.5. The molecule has 0 amide bonds. The van der Waals surface area contributed by atoms with Crippen LogP contribution in [0.1, 0.15) is 58.8 Å². The van der Waals surface area contributed by atoms with E-state index in [1.165, 1.54) is 0 Å². The Morgan fingerprint density at radius 1 is 1.12 bits per heavy atom. The Balaban J connectivity index is 3.22. The molecule has 1 aromatic carbocycles. The molecule has 0 aliphatic heterocycles. The van der Waals surface area contributed by atoms with Gasteiger partial charge in [-0.2, -0.15) is 0 Å². The zero-order chi connectivity index (χ0) is 13.2. The van der Waals surface area contributed by atoms with Gasteiger partial charge in [0.05, 0.1) is 12.2 Å². The van der Waals surface area contributed by atoms with Crippen molar-refractivity contribution in [3.05, 3.63) is 29.3 Å². The summed E-state index contributed by atoms with van der Waals surface area (Å²) in [5, 5.41) is 9.65. The summed E-state index contributed by atoms with van der Waals surface area (Å²) in [6.45, 7) is 12.3. The molecule has 1 rings (SSSR count). The summed E-state index contributed by atoms with van der Waals surface area (Å²) in [6, 6.07) is 5.93. The van der Waals surface area contributed by atoms with E-state index in [1.54, 1.807) is 6.92 Å². The van der Waals surface area contributed by atoms with Gasteiger partial charge in [-0.05, 0) is 49.4 Å². The van der Waals surface area contributed by atoms with Crippen LogP contribution in [0.4, 0.5) is 0 Å². The maximum absolute atomic E-state index is 9.65. The van der Waals surface area contributed by atoms with Crippen molar-refractivity contribution in [3.63, 3.8) is 0 Å². The first-order valence-corrected chi connectivity index (χ1v) is 6.21. The largest absolute Gasteiger partial charge is 0.491 e. The maximum atomic E-state index is 9.65. The normalized spacial score (nSPS) is 13.9. The lowest BCUT2D eigenvalue weighted by Crippen LogP contribution is -2.16. The second-order valence-electron chi connectivity index (χ2n) is 5.85. The van der Waals surface area contributed by atoms with Crippen molar-refractivity contribution in [2.24, 2.45) is 0 Å². The Morgan fingerprint density at radius 2 is 1.71 bits per heavy atom. The number of rotatable bonds is 3. The van der Waals surface area contributed by atoms with Crippen LogP contribution in [0.3, 0.4) is 0 Å². The fraction of sp³-hybridized carbons (Fsp3) is 0.600. The standard InChI is InChI=1S/C15H24O2/c1-10(2)17-14-8-7-12(11(3)16)9-13(14)15(4,5)6/h7-11,16H,1-6H3. The predicted octanol–water partition coefficient (Wildman–Crippen LogP) is 3.82. The van der Waals surface area contributed by atoms with Crippen molar-refractivity contribution < 1.29 is 9.84 Å². The number of aliphatic hydroxyl groups is 1. The van der Waals surface area contributed by atoms with Crippen molar-refractivity contribution in [1.29, 1.82) is 0 Å². The van der Waals surface area contributed by atoms with Crippen molar-refractivity contribution in [1.82, 2.24) is 0 Å². The van der Waals surface area contributed by atoms with Gasteiger partial charge < -0.3 is 9.84 Å². The van der Waals surface area contributed by atoms with Gasteiger partial charge in [0.25, 0.3) is 0 Å². The molecule has 0 aliphatic carbocycles. The summed E-state index contributed by atoms with van der Waals surface area (Å²) >= 11 is 0. The average molecular weight is 236 g/mol. The van der Waals surface area contributed by atoms with Crippen LogP contribution >= 0.6 is 0 Å². The van der Waals surface area contributed by atoms with E-state index in [-0.39, 0.29) is 11.5 Å². The summed E-state index contributed by atoms with van der Waals surface area (Å²) in [7, 11) is 0. The van der Waals surface area contributed by atoms with Crippen molar-refractivity contribution in [2.45, 2.75) is 59.2 Å². The van der Waals surface area contributed by atoms with Gasteiger partial charge in [0.2, 0.25) is 0 Å². The van der Waals surface area contributed by atoms with Gasteiger partial charge in [-0.15, -0.1) is 0 Å². The molecule has 0 saturated carbocycles. The van der Waals surface area contributed by atoms with Gasteiger partial charge in [0, 0.05) is 0 Å². The van der Waals surface area contributed by atoms with Crippen molar-refractivity contribution in [3.8, 4) is 5.75 Å². The minimum atomic E-state index is -0.441.